The average Bonchev–Trinajstić information content (AvgIpc) is 2.32. The highest BCUT2D eigenvalue weighted by molar-refractivity contribution is 9.09. The van der Waals surface area contributed by atoms with Gasteiger partial charge in [0.15, 0.2) is 0 Å². The van der Waals surface area contributed by atoms with Crippen LogP contribution in [0.5, 0.6) is 0 Å². The molecule has 1 aromatic carbocycles. The molecule has 2 nitrogen and oxygen atoms in total. The molecule has 1 aromatic rings. The molecule has 1 N–H and O–H groups in total. The zero-order valence-electron chi connectivity index (χ0n) is 10.6. The van der Waals surface area contributed by atoms with Gasteiger partial charge in [0.2, 0.25) is 5.91 Å². The molecule has 0 unspecified atom stereocenters. The van der Waals surface area contributed by atoms with E-state index in [-0.39, 0.29) is 5.91 Å². The summed E-state index contributed by atoms with van der Waals surface area (Å²) in [4.78, 5) is 11.8. The molecule has 0 radical (unpaired) electrons. The molecule has 1 amide bonds. The van der Waals surface area contributed by atoms with Crippen molar-refractivity contribution in [1.29, 1.82) is 0 Å². The van der Waals surface area contributed by atoms with Gasteiger partial charge in [0.25, 0.3) is 0 Å². The van der Waals surface area contributed by atoms with E-state index in [0.717, 1.165) is 23.9 Å². The first-order valence-corrected chi connectivity index (χ1v) is 7.85. The molecular formula is C15H20BrNO. The van der Waals surface area contributed by atoms with Crippen molar-refractivity contribution in [2.75, 3.05) is 10.6 Å². The van der Waals surface area contributed by atoms with E-state index < -0.39 is 0 Å². The molecule has 0 aliphatic heterocycles. The van der Waals surface area contributed by atoms with E-state index in [4.69, 9.17) is 0 Å². The van der Waals surface area contributed by atoms with Gasteiger partial charge in [-0.25, -0.2) is 0 Å². The SMILES string of the molecule is O=C(CC1CCC1)Nc1cccc(CCCBr)c1. The Hall–Kier alpha value is -0.830. The third-order valence-corrected chi connectivity index (χ3v) is 4.07. The largest absolute Gasteiger partial charge is 0.326 e. The molecule has 0 aromatic heterocycles. The van der Waals surface area contributed by atoms with Crippen LogP contribution in [0.25, 0.3) is 0 Å². The van der Waals surface area contributed by atoms with Crippen LogP contribution in [0.3, 0.4) is 0 Å². The fourth-order valence-electron chi connectivity index (χ4n) is 2.25. The van der Waals surface area contributed by atoms with Gasteiger partial charge in [-0.1, -0.05) is 34.5 Å². The molecule has 0 heterocycles. The van der Waals surface area contributed by atoms with Crippen LogP contribution in [0.2, 0.25) is 0 Å². The van der Waals surface area contributed by atoms with Crippen LogP contribution in [0, 0.1) is 5.92 Å². The van der Waals surface area contributed by atoms with Crippen molar-refractivity contribution >= 4 is 27.5 Å². The van der Waals surface area contributed by atoms with E-state index >= 15 is 0 Å². The van der Waals surface area contributed by atoms with Crippen LogP contribution in [0.15, 0.2) is 24.3 Å². The number of halogens is 1. The van der Waals surface area contributed by atoms with E-state index in [0.29, 0.717) is 12.3 Å². The quantitative estimate of drug-likeness (QED) is 0.786. The van der Waals surface area contributed by atoms with Crippen LogP contribution in [0.1, 0.15) is 37.7 Å². The lowest BCUT2D eigenvalue weighted by molar-refractivity contribution is -0.117. The summed E-state index contributed by atoms with van der Waals surface area (Å²) in [6.45, 7) is 0. The number of amides is 1. The number of anilines is 1. The van der Waals surface area contributed by atoms with E-state index in [2.05, 4.69) is 33.4 Å². The summed E-state index contributed by atoms with van der Waals surface area (Å²) in [7, 11) is 0. The Labute approximate surface area is 117 Å². The van der Waals surface area contributed by atoms with Crippen molar-refractivity contribution in [2.45, 2.75) is 38.5 Å². The summed E-state index contributed by atoms with van der Waals surface area (Å²) in [6, 6.07) is 8.18. The Balaban J connectivity index is 1.85. The van der Waals surface area contributed by atoms with Crippen LogP contribution in [-0.2, 0) is 11.2 Å². The minimum Gasteiger partial charge on any atom is -0.326 e. The van der Waals surface area contributed by atoms with Gasteiger partial charge in [0.1, 0.15) is 0 Å². The summed E-state index contributed by atoms with van der Waals surface area (Å²) in [6.07, 6.45) is 6.60. The zero-order chi connectivity index (χ0) is 12.8. The molecule has 2 rings (SSSR count). The van der Waals surface area contributed by atoms with Crippen LogP contribution < -0.4 is 5.32 Å². The fourth-order valence-corrected chi connectivity index (χ4v) is 2.53. The molecule has 1 aliphatic carbocycles. The van der Waals surface area contributed by atoms with Crippen LogP contribution >= 0.6 is 15.9 Å². The van der Waals surface area contributed by atoms with Gasteiger partial charge in [0.05, 0.1) is 0 Å². The topological polar surface area (TPSA) is 29.1 Å². The van der Waals surface area contributed by atoms with Gasteiger partial charge >= 0.3 is 0 Å². The number of hydrogen-bond acceptors (Lipinski definition) is 1. The maximum Gasteiger partial charge on any atom is 0.224 e. The average molecular weight is 310 g/mol. The second-order valence-electron chi connectivity index (χ2n) is 5.04. The lowest BCUT2D eigenvalue weighted by Crippen LogP contribution is -2.20. The standard InChI is InChI=1S/C15H20BrNO/c16-9-3-7-12-6-2-8-14(10-12)17-15(18)11-13-4-1-5-13/h2,6,8,10,13H,1,3-5,7,9,11H2,(H,17,18). The second kappa shape index (κ2) is 6.93. The van der Waals surface area contributed by atoms with Gasteiger partial charge in [-0.3, -0.25) is 4.79 Å². The monoisotopic (exact) mass is 309 g/mol. The number of hydrogen-bond donors (Lipinski definition) is 1. The molecule has 98 valence electrons. The van der Waals surface area contributed by atoms with Gasteiger partial charge in [-0.2, -0.15) is 0 Å². The first kappa shape index (κ1) is 13.6. The molecule has 18 heavy (non-hydrogen) atoms. The molecule has 3 heteroatoms. The number of benzene rings is 1. The fraction of sp³-hybridized carbons (Fsp3) is 0.533. The summed E-state index contributed by atoms with van der Waals surface area (Å²) in [5.41, 5.74) is 2.22. The van der Waals surface area contributed by atoms with Gasteiger partial charge in [-0.05, 0) is 49.3 Å². The smallest absolute Gasteiger partial charge is 0.224 e. The zero-order valence-corrected chi connectivity index (χ0v) is 12.2. The normalized spacial score (nSPS) is 15.2. The maximum atomic E-state index is 11.8. The van der Waals surface area contributed by atoms with Gasteiger partial charge in [-0.15, -0.1) is 0 Å². The first-order valence-electron chi connectivity index (χ1n) is 6.72. The van der Waals surface area contributed by atoms with Gasteiger partial charge in [0, 0.05) is 17.4 Å². The Morgan fingerprint density at radius 3 is 2.89 bits per heavy atom. The van der Waals surface area contributed by atoms with Crippen LogP contribution in [0.4, 0.5) is 5.69 Å². The van der Waals surface area contributed by atoms with E-state index in [9.17, 15) is 4.79 Å². The lowest BCUT2D eigenvalue weighted by atomic mass is 9.83. The molecule has 0 saturated heterocycles. The molecule has 1 aliphatic rings. The highest BCUT2D eigenvalue weighted by Gasteiger charge is 2.20. The van der Waals surface area contributed by atoms with Crippen molar-refractivity contribution in [1.82, 2.24) is 0 Å². The summed E-state index contributed by atoms with van der Waals surface area (Å²) < 4.78 is 0. The first-order chi connectivity index (χ1) is 8.78. The summed E-state index contributed by atoms with van der Waals surface area (Å²) >= 11 is 3.44. The van der Waals surface area contributed by atoms with E-state index in [1.165, 1.54) is 24.8 Å². The number of carbonyl (C=O) groups is 1. The lowest BCUT2D eigenvalue weighted by Gasteiger charge is -2.24. The molecule has 0 bridgehead atoms. The Bertz CT molecular complexity index is 401. The van der Waals surface area contributed by atoms with Gasteiger partial charge < -0.3 is 5.32 Å². The van der Waals surface area contributed by atoms with Crippen molar-refractivity contribution in [3.8, 4) is 0 Å². The maximum absolute atomic E-state index is 11.8. The van der Waals surface area contributed by atoms with Crippen molar-refractivity contribution in [2.24, 2.45) is 5.92 Å². The highest BCUT2D eigenvalue weighted by Crippen LogP contribution is 2.29. The molecule has 0 spiro atoms. The number of carbonyl (C=O) groups excluding carboxylic acids is 1. The van der Waals surface area contributed by atoms with E-state index in [1.54, 1.807) is 0 Å². The summed E-state index contributed by atoms with van der Waals surface area (Å²) in [5, 5.41) is 4.03. The molecule has 0 atom stereocenters. The minimum absolute atomic E-state index is 0.164. The number of alkyl halides is 1. The molecule has 1 fully saturated rings. The predicted octanol–water partition coefficient (Wildman–Crippen LogP) is 4.14. The molecular weight excluding hydrogens is 290 g/mol. The Morgan fingerprint density at radius 1 is 1.39 bits per heavy atom. The van der Waals surface area contributed by atoms with Crippen molar-refractivity contribution < 1.29 is 4.79 Å². The second-order valence-corrected chi connectivity index (χ2v) is 5.84. The minimum atomic E-state index is 0.164. The number of rotatable bonds is 6. The highest BCUT2D eigenvalue weighted by atomic mass is 79.9. The third kappa shape index (κ3) is 4.13. The molecule has 1 saturated carbocycles. The van der Waals surface area contributed by atoms with E-state index in [1.807, 2.05) is 12.1 Å². The summed E-state index contributed by atoms with van der Waals surface area (Å²) in [5.74, 6) is 0.791. The Morgan fingerprint density at radius 2 is 2.22 bits per heavy atom. The Kier molecular flexibility index (Phi) is 5.24. The predicted molar refractivity (Wildman–Crippen MR) is 79.1 cm³/mol. The van der Waals surface area contributed by atoms with Crippen molar-refractivity contribution in [3.63, 3.8) is 0 Å². The number of aryl methyl sites for hydroxylation is 1. The van der Waals surface area contributed by atoms with Crippen LogP contribution in [-0.4, -0.2) is 11.2 Å². The number of nitrogens with one attached hydrogen (secondary N) is 1. The third-order valence-electron chi connectivity index (χ3n) is 3.51. The van der Waals surface area contributed by atoms with Crippen molar-refractivity contribution in [3.05, 3.63) is 29.8 Å².